The molecule has 0 radical (unpaired) electrons. The Labute approximate surface area is 269 Å². The Balaban J connectivity index is 1.19. The SMILES string of the molecule is N#Cc1ccc2c(c1)c1c3oc4ccccc4c3ccc1n2-c1cccc(-c2cccc(-n3c4ccccc4c4ccccc43)c2)c1. The minimum Gasteiger partial charge on any atom is -0.455 e. The van der Waals surface area contributed by atoms with E-state index in [-0.39, 0.29) is 0 Å². The fourth-order valence-electron chi connectivity index (χ4n) is 7.48. The summed E-state index contributed by atoms with van der Waals surface area (Å²) in [5.41, 5.74) is 11.2. The molecule has 0 spiro atoms. The van der Waals surface area contributed by atoms with Crippen molar-refractivity contribution < 1.29 is 4.42 Å². The van der Waals surface area contributed by atoms with Crippen molar-refractivity contribution in [3.63, 3.8) is 0 Å². The number of nitrogens with zero attached hydrogens (tertiary/aromatic N) is 3. The van der Waals surface area contributed by atoms with E-state index in [9.17, 15) is 5.26 Å². The summed E-state index contributed by atoms with van der Waals surface area (Å²) in [6, 6.07) is 55.5. The molecule has 3 heterocycles. The van der Waals surface area contributed by atoms with Gasteiger partial charge >= 0.3 is 0 Å². The molecule has 0 N–H and O–H groups in total. The van der Waals surface area contributed by atoms with Crippen molar-refractivity contribution >= 4 is 65.6 Å². The molecule has 0 bridgehead atoms. The van der Waals surface area contributed by atoms with E-state index in [0.717, 1.165) is 66.2 Å². The predicted molar refractivity (Wildman–Crippen MR) is 193 cm³/mol. The summed E-state index contributed by atoms with van der Waals surface area (Å²) < 4.78 is 11.1. The lowest BCUT2D eigenvalue weighted by Crippen LogP contribution is -1.96. The van der Waals surface area contributed by atoms with Gasteiger partial charge in [0.25, 0.3) is 0 Å². The molecule has 0 fully saturated rings. The molecule has 3 aromatic heterocycles. The van der Waals surface area contributed by atoms with Crippen LogP contribution in [-0.4, -0.2) is 9.13 Å². The summed E-state index contributed by atoms with van der Waals surface area (Å²) in [5, 5.41) is 16.5. The first-order valence-electron chi connectivity index (χ1n) is 15.7. The van der Waals surface area contributed by atoms with Gasteiger partial charge in [0, 0.05) is 38.3 Å². The van der Waals surface area contributed by atoms with Gasteiger partial charge in [-0.2, -0.15) is 5.26 Å². The van der Waals surface area contributed by atoms with E-state index >= 15 is 0 Å². The van der Waals surface area contributed by atoms with Crippen LogP contribution in [0.2, 0.25) is 0 Å². The summed E-state index contributed by atoms with van der Waals surface area (Å²) in [6.45, 7) is 0. The number of fused-ring (bicyclic) bond motifs is 10. The number of aromatic nitrogens is 2. The van der Waals surface area contributed by atoms with E-state index in [1.807, 2.05) is 30.3 Å². The monoisotopic (exact) mass is 599 g/mol. The third kappa shape index (κ3) is 3.69. The Bertz CT molecular complexity index is 2880. The van der Waals surface area contributed by atoms with Gasteiger partial charge in [0.1, 0.15) is 11.2 Å². The smallest absolute Gasteiger partial charge is 0.145 e. The van der Waals surface area contributed by atoms with E-state index in [4.69, 9.17) is 4.42 Å². The van der Waals surface area contributed by atoms with Gasteiger partial charge in [-0.25, -0.2) is 0 Å². The van der Waals surface area contributed by atoms with E-state index in [1.165, 1.54) is 21.8 Å². The standard InChI is InChI=1S/C43H25N3O/c44-26-27-19-21-39-36(23-27)42-40(22-20-35-34-15-3-6-18-41(34)47-43(35)42)46(39)31-12-8-10-29(25-31)28-9-7-11-30(24-28)45-37-16-4-1-13-32(37)33-14-2-5-17-38(33)45/h1-25H. The van der Waals surface area contributed by atoms with Gasteiger partial charge in [0.15, 0.2) is 0 Å². The molecule has 0 atom stereocenters. The number of benzene rings is 7. The van der Waals surface area contributed by atoms with Gasteiger partial charge in [-0.05, 0) is 83.9 Å². The highest BCUT2D eigenvalue weighted by atomic mass is 16.3. The maximum absolute atomic E-state index is 9.81. The molecular weight excluding hydrogens is 574 g/mol. The highest BCUT2D eigenvalue weighted by molar-refractivity contribution is 6.24. The Morgan fingerprint density at radius 3 is 1.70 bits per heavy atom. The zero-order valence-corrected chi connectivity index (χ0v) is 25.2. The molecule has 0 amide bonds. The van der Waals surface area contributed by atoms with Crippen LogP contribution in [0.3, 0.4) is 0 Å². The van der Waals surface area contributed by atoms with E-state index in [0.29, 0.717) is 5.56 Å². The first-order chi connectivity index (χ1) is 23.3. The van der Waals surface area contributed by atoms with Crippen molar-refractivity contribution in [2.75, 3.05) is 0 Å². The molecule has 4 nitrogen and oxygen atoms in total. The molecule has 0 unspecified atom stereocenters. The number of nitriles is 1. The molecule has 0 aliphatic rings. The van der Waals surface area contributed by atoms with Gasteiger partial charge in [-0.1, -0.05) is 78.9 Å². The zero-order valence-electron chi connectivity index (χ0n) is 25.2. The van der Waals surface area contributed by atoms with Crippen LogP contribution in [0, 0.1) is 11.3 Å². The topological polar surface area (TPSA) is 46.8 Å². The molecule has 7 aromatic carbocycles. The molecular formula is C43H25N3O. The van der Waals surface area contributed by atoms with Crippen LogP contribution in [0.5, 0.6) is 0 Å². The Morgan fingerprint density at radius 2 is 1.02 bits per heavy atom. The molecule has 47 heavy (non-hydrogen) atoms. The van der Waals surface area contributed by atoms with Crippen LogP contribution < -0.4 is 0 Å². The van der Waals surface area contributed by atoms with Crippen molar-refractivity contribution in [3.05, 3.63) is 157 Å². The van der Waals surface area contributed by atoms with Crippen molar-refractivity contribution in [1.82, 2.24) is 9.13 Å². The van der Waals surface area contributed by atoms with Crippen molar-refractivity contribution in [1.29, 1.82) is 5.26 Å². The van der Waals surface area contributed by atoms with Crippen molar-refractivity contribution in [2.45, 2.75) is 0 Å². The fourth-order valence-corrected chi connectivity index (χ4v) is 7.48. The number of rotatable bonds is 3. The third-order valence-corrected chi connectivity index (χ3v) is 9.52. The number of para-hydroxylation sites is 3. The third-order valence-electron chi connectivity index (χ3n) is 9.52. The molecule has 10 rings (SSSR count). The normalized spacial score (nSPS) is 11.8. The highest BCUT2D eigenvalue weighted by Crippen LogP contribution is 2.41. The summed E-state index contributed by atoms with van der Waals surface area (Å²) in [7, 11) is 0. The second-order valence-electron chi connectivity index (χ2n) is 12.1. The lowest BCUT2D eigenvalue weighted by Gasteiger charge is -2.12. The fraction of sp³-hybridized carbons (Fsp3) is 0. The van der Waals surface area contributed by atoms with Gasteiger partial charge in [0.05, 0.1) is 39.1 Å². The predicted octanol–water partition coefficient (Wildman–Crippen LogP) is 11.3. The summed E-state index contributed by atoms with van der Waals surface area (Å²) >= 11 is 0. The second-order valence-corrected chi connectivity index (χ2v) is 12.1. The second kappa shape index (κ2) is 9.71. The lowest BCUT2D eigenvalue weighted by atomic mass is 10.0. The molecule has 0 aliphatic carbocycles. The number of furan rings is 1. The Hall–Kier alpha value is -6.57. The van der Waals surface area contributed by atoms with Gasteiger partial charge in [-0.3, -0.25) is 0 Å². The molecule has 10 aromatic rings. The maximum Gasteiger partial charge on any atom is 0.145 e. The number of hydrogen-bond donors (Lipinski definition) is 0. The summed E-state index contributed by atoms with van der Waals surface area (Å²) in [5.74, 6) is 0. The first-order valence-corrected chi connectivity index (χ1v) is 15.7. The summed E-state index contributed by atoms with van der Waals surface area (Å²) in [6.07, 6.45) is 0. The summed E-state index contributed by atoms with van der Waals surface area (Å²) in [4.78, 5) is 0. The minimum absolute atomic E-state index is 0.625. The average molecular weight is 600 g/mol. The van der Waals surface area contributed by atoms with Crippen LogP contribution in [0.1, 0.15) is 5.56 Å². The first kappa shape index (κ1) is 25.7. The molecule has 4 heteroatoms. The maximum atomic E-state index is 9.81. The molecule has 0 aliphatic heterocycles. The molecule has 0 saturated carbocycles. The van der Waals surface area contributed by atoms with Gasteiger partial charge < -0.3 is 13.6 Å². The van der Waals surface area contributed by atoms with E-state index in [2.05, 4.69) is 137 Å². The van der Waals surface area contributed by atoms with Crippen LogP contribution in [0.4, 0.5) is 0 Å². The van der Waals surface area contributed by atoms with Crippen LogP contribution in [0.15, 0.2) is 156 Å². The Morgan fingerprint density at radius 1 is 0.447 bits per heavy atom. The zero-order chi connectivity index (χ0) is 31.1. The van der Waals surface area contributed by atoms with Gasteiger partial charge in [0.2, 0.25) is 0 Å². The van der Waals surface area contributed by atoms with Crippen LogP contribution in [-0.2, 0) is 0 Å². The number of hydrogen-bond acceptors (Lipinski definition) is 2. The van der Waals surface area contributed by atoms with Crippen molar-refractivity contribution in [3.8, 4) is 28.6 Å². The van der Waals surface area contributed by atoms with Crippen LogP contribution >= 0.6 is 0 Å². The van der Waals surface area contributed by atoms with E-state index < -0.39 is 0 Å². The lowest BCUT2D eigenvalue weighted by molar-refractivity contribution is 0.673. The largest absolute Gasteiger partial charge is 0.455 e. The molecule has 218 valence electrons. The quantitative estimate of drug-likeness (QED) is 0.203. The highest BCUT2D eigenvalue weighted by Gasteiger charge is 2.19. The van der Waals surface area contributed by atoms with Gasteiger partial charge in [-0.15, -0.1) is 0 Å². The van der Waals surface area contributed by atoms with E-state index in [1.54, 1.807) is 0 Å². The van der Waals surface area contributed by atoms with Crippen molar-refractivity contribution in [2.24, 2.45) is 0 Å². The average Bonchev–Trinajstić information content (AvgIpc) is 3.79. The Kier molecular flexibility index (Phi) is 5.32. The molecule has 0 saturated heterocycles. The van der Waals surface area contributed by atoms with Crippen LogP contribution in [0.25, 0.3) is 88.1 Å². The minimum atomic E-state index is 0.625.